The van der Waals surface area contributed by atoms with Crippen molar-refractivity contribution in [3.05, 3.63) is 16.3 Å². The van der Waals surface area contributed by atoms with Gasteiger partial charge in [-0.1, -0.05) is 0 Å². The largest absolute Gasteiger partial charge is 0.480 e. The first-order valence-corrected chi connectivity index (χ1v) is 9.69. The number of likely N-dealkylation sites (tertiary alicyclic amines) is 1. The number of hydrogen-bond donors (Lipinski definition) is 1. The molecule has 2 unspecified atom stereocenters. The quantitative estimate of drug-likeness (QED) is 0.860. The zero-order chi connectivity index (χ0) is 18.8. The molecule has 3 rings (SSSR count). The van der Waals surface area contributed by atoms with Crippen LogP contribution in [0.4, 0.5) is 0 Å². The molecule has 0 aliphatic carbocycles. The number of aryl methyl sites for hydroxylation is 1. The van der Waals surface area contributed by atoms with Crippen molar-refractivity contribution in [2.24, 2.45) is 5.73 Å². The highest BCUT2D eigenvalue weighted by Crippen LogP contribution is 2.36. The smallest absolute Gasteiger partial charge is 0.264 e. The summed E-state index contributed by atoms with van der Waals surface area (Å²) in [5.41, 5.74) is 7.00. The number of carbonyl (C=O) groups excluding carboxylic acids is 1. The van der Waals surface area contributed by atoms with E-state index >= 15 is 0 Å². The molecule has 1 saturated heterocycles. The first-order valence-electron chi connectivity index (χ1n) is 8.87. The lowest BCUT2D eigenvalue weighted by molar-refractivity contribution is 0.0588. The van der Waals surface area contributed by atoms with Crippen LogP contribution in [-0.2, 0) is 11.3 Å². The van der Waals surface area contributed by atoms with E-state index in [1.54, 1.807) is 14.2 Å². The summed E-state index contributed by atoms with van der Waals surface area (Å²) in [6.45, 7) is 4.94. The maximum atomic E-state index is 13.3. The average Bonchev–Trinajstić information content (AvgIpc) is 2.97. The molecule has 1 aliphatic heterocycles. The normalized spacial score (nSPS) is 19.0. The van der Waals surface area contributed by atoms with Crippen LogP contribution >= 0.6 is 11.3 Å². The number of amides is 1. The van der Waals surface area contributed by atoms with Crippen LogP contribution in [0, 0.1) is 6.92 Å². The summed E-state index contributed by atoms with van der Waals surface area (Å²) in [5.74, 6) is 1.06. The van der Waals surface area contributed by atoms with Gasteiger partial charge in [0.25, 0.3) is 5.91 Å². The van der Waals surface area contributed by atoms with Crippen molar-refractivity contribution in [3.63, 3.8) is 0 Å². The van der Waals surface area contributed by atoms with Crippen LogP contribution in [0.2, 0.25) is 0 Å². The molecule has 1 fully saturated rings. The van der Waals surface area contributed by atoms with Gasteiger partial charge in [-0.2, -0.15) is 4.98 Å². The summed E-state index contributed by atoms with van der Waals surface area (Å²) in [5, 5.41) is 0.801. The Morgan fingerprint density at radius 2 is 2.15 bits per heavy atom. The summed E-state index contributed by atoms with van der Waals surface area (Å²) < 4.78 is 10.6. The molecule has 2 aromatic rings. The van der Waals surface area contributed by atoms with Gasteiger partial charge in [0.1, 0.15) is 11.4 Å². The number of aromatic nitrogens is 2. The van der Waals surface area contributed by atoms with Gasteiger partial charge in [-0.05, 0) is 38.7 Å². The zero-order valence-electron chi connectivity index (χ0n) is 15.7. The van der Waals surface area contributed by atoms with E-state index in [-0.39, 0.29) is 18.0 Å². The van der Waals surface area contributed by atoms with E-state index in [0.717, 1.165) is 41.6 Å². The SMILES string of the molecule is COCc1nc(OC)c2c(C)c(C(=O)N3CCCCC3C(C)N)sc2n1. The minimum Gasteiger partial charge on any atom is -0.480 e. The molecule has 7 nitrogen and oxygen atoms in total. The van der Waals surface area contributed by atoms with Gasteiger partial charge in [-0.25, -0.2) is 4.98 Å². The summed E-state index contributed by atoms with van der Waals surface area (Å²) >= 11 is 1.39. The van der Waals surface area contributed by atoms with Crippen molar-refractivity contribution in [2.75, 3.05) is 20.8 Å². The van der Waals surface area contributed by atoms with Gasteiger partial charge in [-0.15, -0.1) is 11.3 Å². The van der Waals surface area contributed by atoms with E-state index in [2.05, 4.69) is 9.97 Å². The zero-order valence-corrected chi connectivity index (χ0v) is 16.6. The number of hydrogen-bond acceptors (Lipinski definition) is 7. The van der Waals surface area contributed by atoms with E-state index in [4.69, 9.17) is 15.2 Å². The number of piperidine rings is 1. The van der Waals surface area contributed by atoms with Crippen LogP contribution in [0.3, 0.4) is 0 Å². The molecular formula is C18H26N4O3S. The van der Waals surface area contributed by atoms with Crippen LogP contribution in [-0.4, -0.2) is 53.6 Å². The lowest BCUT2D eigenvalue weighted by Gasteiger charge is -2.38. The Bertz CT molecular complexity index is 805. The molecule has 26 heavy (non-hydrogen) atoms. The van der Waals surface area contributed by atoms with Crippen LogP contribution in [0.25, 0.3) is 10.2 Å². The second-order valence-electron chi connectivity index (χ2n) is 6.74. The number of rotatable bonds is 5. The molecule has 0 bridgehead atoms. The lowest BCUT2D eigenvalue weighted by Crippen LogP contribution is -2.51. The minimum absolute atomic E-state index is 0.0304. The lowest BCUT2D eigenvalue weighted by atomic mass is 9.96. The first-order chi connectivity index (χ1) is 12.5. The van der Waals surface area contributed by atoms with Gasteiger partial charge in [0.05, 0.1) is 17.4 Å². The van der Waals surface area contributed by atoms with Gasteiger partial charge in [0.2, 0.25) is 5.88 Å². The maximum absolute atomic E-state index is 13.3. The molecule has 8 heteroatoms. The predicted octanol–water partition coefficient (Wildman–Crippen LogP) is 2.50. The standard InChI is InChI=1S/C18H26N4O3S/c1-10-14-16(25-4)20-13(9-24-3)21-17(14)26-15(10)18(23)22-8-6-5-7-12(22)11(2)19/h11-12H,5-9,19H2,1-4H3. The molecule has 2 N–H and O–H groups in total. The molecule has 1 amide bonds. The van der Waals surface area contributed by atoms with Crippen molar-refractivity contribution in [3.8, 4) is 5.88 Å². The summed E-state index contributed by atoms with van der Waals surface area (Å²) in [6.07, 6.45) is 3.08. The number of carbonyl (C=O) groups is 1. The van der Waals surface area contributed by atoms with Crippen LogP contribution in [0.1, 0.15) is 47.2 Å². The number of nitrogens with two attached hydrogens (primary N) is 1. The highest BCUT2D eigenvalue weighted by Gasteiger charge is 2.32. The topological polar surface area (TPSA) is 90.6 Å². The van der Waals surface area contributed by atoms with Gasteiger partial charge in [0, 0.05) is 25.7 Å². The molecule has 1 aliphatic rings. The van der Waals surface area contributed by atoms with E-state index in [1.807, 2.05) is 18.7 Å². The summed E-state index contributed by atoms with van der Waals surface area (Å²) in [7, 11) is 3.17. The van der Waals surface area contributed by atoms with Gasteiger partial charge < -0.3 is 20.1 Å². The predicted molar refractivity (Wildman–Crippen MR) is 102 cm³/mol. The van der Waals surface area contributed by atoms with Gasteiger partial charge in [-0.3, -0.25) is 4.79 Å². The number of fused-ring (bicyclic) bond motifs is 1. The molecule has 0 aromatic carbocycles. The Morgan fingerprint density at radius 1 is 1.38 bits per heavy atom. The van der Waals surface area contributed by atoms with E-state index in [0.29, 0.717) is 23.2 Å². The molecule has 0 saturated carbocycles. The van der Waals surface area contributed by atoms with Crippen molar-refractivity contribution >= 4 is 27.5 Å². The molecular weight excluding hydrogens is 352 g/mol. The monoisotopic (exact) mass is 378 g/mol. The fourth-order valence-electron chi connectivity index (χ4n) is 3.58. The molecule has 0 spiro atoms. The Balaban J connectivity index is 2.04. The molecule has 2 atom stereocenters. The second-order valence-corrected chi connectivity index (χ2v) is 7.74. The molecule has 2 aromatic heterocycles. The number of methoxy groups -OCH3 is 2. The van der Waals surface area contributed by atoms with Crippen molar-refractivity contribution in [1.82, 2.24) is 14.9 Å². The highest BCUT2D eigenvalue weighted by molar-refractivity contribution is 7.20. The summed E-state index contributed by atoms with van der Waals surface area (Å²) in [6, 6.07) is 0.0365. The van der Waals surface area contributed by atoms with Gasteiger partial charge in [0.15, 0.2) is 5.82 Å². The summed E-state index contributed by atoms with van der Waals surface area (Å²) in [4.78, 5) is 25.6. The fraction of sp³-hybridized carbons (Fsp3) is 0.611. The van der Waals surface area contributed by atoms with Gasteiger partial charge >= 0.3 is 0 Å². The molecule has 3 heterocycles. The first kappa shape index (κ1) is 19.0. The van der Waals surface area contributed by atoms with Crippen molar-refractivity contribution in [2.45, 2.75) is 51.8 Å². The van der Waals surface area contributed by atoms with E-state index in [9.17, 15) is 4.79 Å². The second kappa shape index (κ2) is 7.85. The fourth-order valence-corrected chi connectivity index (χ4v) is 4.72. The number of nitrogens with zero attached hydrogens (tertiary/aromatic N) is 3. The molecule has 142 valence electrons. The number of thiophene rings is 1. The van der Waals surface area contributed by atoms with Crippen molar-refractivity contribution < 1.29 is 14.3 Å². The third-order valence-electron chi connectivity index (χ3n) is 4.88. The average molecular weight is 378 g/mol. The number of ether oxygens (including phenoxy) is 2. The Hall–Kier alpha value is -1.77. The van der Waals surface area contributed by atoms with E-state index in [1.165, 1.54) is 11.3 Å². The van der Waals surface area contributed by atoms with Crippen LogP contribution < -0.4 is 10.5 Å². The minimum atomic E-state index is -0.0448. The van der Waals surface area contributed by atoms with Crippen molar-refractivity contribution in [1.29, 1.82) is 0 Å². The van der Waals surface area contributed by atoms with Crippen LogP contribution in [0.5, 0.6) is 5.88 Å². The Morgan fingerprint density at radius 3 is 2.81 bits per heavy atom. The third kappa shape index (κ3) is 3.41. The Kier molecular flexibility index (Phi) is 5.74. The highest BCUT2D eigenvalue weighted by atomic mass is 32.1. The van der Waals surface area contributed by atoms with Crippen LogP contribution in [0.15, 0.2) is 0 Å². The molecule has 0 radical (unpaired) electrons. The van der Waals surface area contributed by atoms with E-state index < -0.39 is 0 Å². The maximum Gasteiger partial charge on any atom is 0.264 e. The Labute approximate surface area is 157 Å². The third-order valence-corrected chi connectivity index (χ3v) is 6.06.